The number of Topliss-reactive ketones (excluding diaryl/α,β-unsaturated/α-hetero) is 1. The maximum absolute atomic E-state index is 10.9. The van der Waals surface area contributed by atoms with Gasteiger partial charge in [-0.2, -0.15) is 0 Å². The first-order valence-electron chi connectivity index (χ1n) is 3.96. The largest absolute Gasteiger partial charge is 0.363 e. The van der Waals surface area contributed by atoms with Gasteiger partial charge in [0.2, 0.25) is 0 Å². The van der Waals surface area contributed by atoms with Crippen LogP contribution in [0.25, 0.3) is 0 Å². The molecule has 2 aliphatic rings. The standard InChI is InChI=1S/C9H10O3/c10-7-5-11-8-3-1-2-4-9(8)12-6-7/h1-4,8-9H,5-6H2. The van der Waals surface area contributed by atoms with Crippen molar-refractivity contribution in [1.82, 2.24) is 0 Å². The van der Waals surface area contributed by atoms with Crippen LogP contribution in [0.3, 0.4) is 0 Å². The number of hydrogen-bond acceptors (Lipinski definition) is 3. The van der Waals surface area contributed by atoms with E-state index in [0.29, 0.717) is 0 Å². The van der Waals surface area contributed by atoms with E-state index in [9.17, 15) is 4.79 Å². The summed E-state index contributed by atoms with van der Waals surface area (Å²) in [5.74, 6) is 0.00574. The smallest absolute Gasteiger partial charge is 0.184 e. The minimum absolute atomic E-state index is 0.00574. The van der Waals surface area contributed by atoms with Crippen LogP contribution in [0.4, 0.5) is 0 Å². The average Bonchev–Trinajstić information content (AvgIpc) is 2.29. The van der Waals surface area contributed by atoms with Gasteiger partial charge in [-0.15, -0.1) is 0 Å². The molecule has 1 aliphatic carbocycles. The van der Waals surface area contributed by atoms with Crippen LogP contribution in [-0.4, -0.2) is 31.2 Å². The molecule has 0 bridgehead atoms. The van der Waals surface area contributed by atoms with E-state index in [1.807, 2.05) is 24.3 Å². The minimum Gasteiger partial charge on any atom is -0.363 e. The van der Waals surface area contributed by atoms with Gasteiger partial charge in [0, 0.05) is 0 Å². The molecule has 0 aromatic carbocycles. The summed E-state index contributed by atoms with van der Waals surface area (Å²) in [7, 11) is 0. The molecule has 1 aliphatic heterocycles. The molecule has 1 saturated heterocycles. The van der Waals surface area contributed by atoms with Crippen molar-refractivity contribution in [3.8, 4) is 0 Å². The van der Waals surface area contributed by atoms with Crippen LogP contribution in [-0.2, 0) is 14.3 Å². The molecule has 0 aromatic rings. The van der Waals surface area contributed by atoms with Gasteiger partial charge in [0.25, 0.3) is 0 Å². The Kier molecular flexibility index (Phi) is 2.06. The van der Waals surface area contributed by atoms with Gasteiger partial charge in [0.05, 0.1) is 0 Å². The molecular weight excluding hydrogens is 156 g/mol. The maximum atomic E-state index is 10.9. The molecule has 2 unspecified atom stereocenters. The quantitative estimate of drug-likeness (QED) is 0.524. The second-order valence-electron chi connectivity index (χ2n) is 2.86. The first-order valence-corrected chi connectivity index (χ1v) is 3.96. The topological polar surface area (TPSA) is 35.5 Å². The second-order valence-corrected chi connectivity index (χ2v) is 2.86. The van der Waals surface area contributed by atoms with E-state index >= 15 is 0 Å². The van der Waals surface area contributed by atoms with Crippen LogP contribution in [0, 0.1) is 0 Å². The highest BCUT2D eigenvalue weighted by atomic mass is 16.6. The third kappa shape index (κ3) is 1.47. The van der Waals surface area contributed by atoms with Crippen molar-refractivity contribution < 1.29 is 14.3 Å². The van der Waals surface area contributed by atoms with Crippen molar-refractivity contribution in [2.24, 2.45) is 0 Å². The Morgan fingerprint density at radius 1 is 1.08 bits per heavy atom. The first-order chi connectivity index (χ1) is 5.86. The van der Waals surface area contributed by atoms with E-state index in [1.54, 1.807) is 0 Å². The number of allylic oxidation sites excluding steroid dienone is 2. The van der Waals surface area contributed by atoms with E-state index < -0.39 is 0 Å². The number of ketones is 1. The molecule has 2 atom stereocenters. The average molecular weight is 166 g/mol. The molecule has 0 radical (unpaired) electrons. The predicted octanol–water partition coefficient (Wildman–Crippen LogP) is 0.466. The predicted molar refractivity (Wildman–Crippen MR) is 42.8 cm³/mol. The molecule has 2 rings (SSSR count). The van der Waals surface area contributed by atoms with Gasteiger partial charge < -0.3 is 9.47 Å². The van der Waals surface area contributed by atoms with E-state index in [4.69, 9.17) is 9.47 Å². The Morgan fingerprint density at radius 2 is 1.58 bits per heavy atom. The molecule has 0 N–H and O–H groups in total. The van der Waals surface area contributed by atoms with Gasteiger partial charge in [0.1, 0.15) is 25.4 Å². The van der Waals surface area contributed by atoms with Crippen LogP contribution in [0.5, 0.6) is 0 Å². The van der Waals surface area contributed by atoms with Crippen molar-refractivity contribution in [3.05, 3.63) is 24.3 Å². The number of carbonyl (C=O) groups excluding carboxylic acids is 1. The fraction of sp³-hybridized carbons (Fsp3) is 0.444. The Morgan fingerprint density at radius 3 is 2.08 bits per heavy atom. The Labute approximate surface area is 70.7 Å². The van der Waals surface area contributed by atoms with Crippen LogP contribution in [0.15, 0.2) is 24.3 Å². The zero-order valence-corrected chi connectivity index (χ0v) is 6.60. The van der Waals surface area contributed by atoms with Gasteiger partial charge in [-0.1, -0.05) is 24.3 Å². The van der Waals surface area contributed by atoms with E-state index in [-0.39, 0.29) is 31.2 Å². The van der Waals surface area contributed by atoms with Gasteiger partial charge in [0.15, 0.2) is 5.78 Å². The Hall–Kier alpha value is -0.930. The Balaban J connectivity index is 2.10. The lowest BCUT2D eigenvalue weighted by molar-refractivity contribution is -0.124. The highest BCUT2D eigenvalue weighted by Crippen LogP contribution is 2.14. The van der Waals surface area contributed by atoms with Crippen LogP contribution in [0.2, 0.25) is 0 Å². The maximum Gasteiger partial charge on any atom is 0.184 e. The van der Waals surface area contributed by atoms with Crippen molar-refractivity contribution in [2.75, 3.05) is 13.2 Å². The van der Waals surface area contributed by atoms with Gasteiger partial charge in [-0.3, -0.25) is 4.79 Å². The molecule has 12 heavy (non-hydrogen) atoms. The number of ether oxygens (including phenoxy) is 2. The highest BCUT2D eigenvalue weighted by Gasteiger charge is 2.24. The van der Waals surface area contributed by atoms with E-state index in [1.165, 1.54) is 0 Å². The minimum atomic E-state index is -0.0820. The fourth-order valence-corrected chi connectivity index (χ4v) is 1.29. The summed E-state index contributed by atoms with van der Waals surface area (Å²) in [5, 5.41) is 0. The molecule has 64 valence electrons. The zero-order valence-electron chi connectivity index (χ0n) is 6.60. The molecule has 3 heteroatoms. The van der Waals surface area contributed by atoms with Crippen molar-refractivity contribution in [2.45, 2.75) is 12.2 Å². The van der Waals surface area contributed by atoms with Gasteiger partial charge in [-0.05, 0) is 0 Å². The van der Waals surface area contributed by atoms with Crippen molar-refractivity contribution in [3.63, 3.8) is 0 Å². The summed E-state index contributed by atoms with van der Waals surface area (Å²) >= 11 is 0. The number of rotatable bonds is 0. The molecular formula is C9H10O3. The summed E-state index contributed by atoms with van der Waals surface area (Å²) in [5.41, 5.74) is 0. The molecule has 1 heterocycles. The summed E-state index contributed by atoms with van der Waals surface area (Å²) < 4.78 is 10.6. The molecule has 3 nitrogen and oxygen atoms in total. The normalized spacial score (nSPS) is 34.5. The van der Waals surface area contributed by atoms with E-state index in [2.05, 4.69) is 0 Å². The molecule has 0 aromatic heterocycles. The number of hydrogen-bond donors (Lipinski definition) is 0. The summed E-state index contributed by atoms with van der Waals surface area (Å²) in [4.78, 5) is 10.9. The van der Waals surface area contributed by atoms with Crippen molar-refractivity contribution >= 4 is 5.78 Å². The monoisotopic (exact) mass is 166 g/mol. The third-order valence-electron chi connectivity index (χ3n) is 1.91. The number of carbonyl (C=O) groups is 1. The lowest BCUT2D eigenvalue weighted by Crippen LogP contribution is -2.27. The Bertz CT molecular complexity index is 218. The summed E-state index contributed by atoms with van der Waals surface area (Å²) in [6.07, 6.45) is 7.45. The highest BCUT2D eigenvalue weighted by molar-refractivity contribution is 5.81. The van der Waals surface area contributed by atoms with Gasteiger partial charge >= 0.3 is 0 Å². The molecule has 1 fully saturated rings. The fourth-order valence-electron chi connectivity index (χ4n) is 1.29. The van der Waals surface area contributed by atoms with Gasteiger partial charge in [-0.25, -0.2) is 0 Å². The zero-order chi connectivity index (χ0) is 8.39. The first kappa shape index (κ1) is 7.71. The molecule has 0 saturated carbocycles. The summed E-state index contributed by atoms with van der Waals surface area (Å²) in [6, 6.07) is 0. The lowest BCUT2D eigenvalue weighted by atomic mass is 10.1. The SMILES string of the molecule is O=C1COC2C=CC=CC2OC1. The molecule has 0 amide bonds. The van der Waals surface area contributed by atoms with Crippen molar-refractivity contribution in [1.29, 1.82) is 0 Å². The van der Waals surface area contributed by atoms with E-state index in [0.717, 1.165) is 0 Å². The molecule has 0 spiro atoms. The van der Waals surface area contributed by atoms with Crippen LogP contribution >= 0.6 is 0 Å². The van der Waals surface area contributed by atoms with Crippen LogP contribution in [0.1, 0.15) is 0 Å². The van der Waals surface area contributed by atoms with Crippen LogP contribution < -0.4 is 0 Å². The lowest BCUT2D eigenvalue weighted by Gasteiger charge is -2.19. The summed E-state index contributed by atoms with van der Waals surface area (Å²) in [6.45, 7) is 0.332. The second kappa shape index (κ2) is 3.21. The number of fused-ring (bicyclic) bond motifs is 1. The third-order valence-corrected chi connectivity index (χ3v) is 1.91.